The van der Waals surface area contributed by atoms with Crippen molar-refractivity contribution in [1.82, 2.24) is 0 Å². The van der Waals surface area contributed by atoms with E-state index in [0.29, 0.717) is 12.1 Å². The van der Waals surface area contributed by atoms with E-state index in [2.05, 4.69) is 10.6 Å². The molecule has 0 aliphatic carbocycles. The van der Waals surface area contributed by atoms with Crippen molar-refractivity contribution >= 4 is 23.0 Å². The van der Waals surface area contributed by atoms with Crippen molar-refractivity contribution in [1.29, 1.82) is 0 Å². The molecule has 1 heterocycles. The minimum atomic E-state index is -0.0235. The molecule has 0 bridgehead atoms. The van der Waals surface area contributed by atoms with Gasteiger partial charge in [-0.15, -0.1) is 0 Å². The standard InChI is InChI=1S/C13H19N3O2/c1-2-9(7-17)15-12-6-11-8(5-10(12)14)3-4-13(18)16-11/h5-6,9,15,17H,2-4,7,14H2,1H3,(H,16,18). The van der Waals surface area contributed by atoms with Gasteiger partial charge >= 0.3 is 0 Å². The van der Waals surface area contributed by atoms with Gasteiger partial charge in [0, 0.05) is 18.2 Å². The molecule has 18 heavy (non-hydrogen) atoms. The maximum absolute atomic E-state index is 11.4. The molecule has 5 heteroatoms. The lowest BCUT2D eigenvalue weighted by Gasteiger charge is -2.22. The summed E-state index contributed by atoms with van der Waals surface area (Å²) in [7, 11) is 0. The van der Waals surface area contributed by atoms with E-state index in [1.807, 2.05) is 19.1 Å². The van der Waals surface area contributed by atoms with E-state index in [-0.39, 0.29) is 18.6 Å². The van der Waals surface area contributed by atoms with E-state index in [9.17, 15) is 9.90 Å². The van der Waals surface area contributed by atoms with Gasteiger partial charge in [0.05, 0.1) is 18.0 Å². The first-order valence-electron chi connectivity index (χ1n) is 6.23. The molecule has 0 fully saturated rings. The topological polar surface area (TPSA) is 87.4 Å². The van der Waals surface area contributed by atoms with Crippen molar-refractivity contribution in [3.8, 4) is 0 Å². The average Bonchev–Trinajstić information content (AvgIpc) is 2.36. The molecule has 0 spiro atoms. The number of carbonyl (C=O) groups excluding carboxylic acids is 1. The van der Waals surface area contributed by atoms with Crippen LogP contribution < -0.4 is 16.4 Å². The fraction of sp³-hybridized carbons (Fsp3) is 0.462. The maximum atomic E-state index is 11.4. The van der Waals surface area contributed by atoms with Gasteiger partial charge in [-0.2, -0.15) is 0 Å². The lowest BCUT2D eigenvalue weighted by Crippen LogP contribution is -2.24. The van der Waals surface area contributed by atoms with Crippen LogP contribution in [-0.2, 0) is 11.2 Å². The average molecular weight is 249 g/mol. The molecule has 1 amide bonds. The first-order chi connectivity index (χ1) is 8.63. The predicted molar refractivity (Wildman–Crippen MR) is 72.6 cm³/mol. The SMILES string of the molecule is CCC(CO)Nc1cc2c(cc1N)CCC(=O)N2. The Kier molecular flexibility index (Phi) is 3.72. The quantitative estimate of drug-likeness (QED) is 0.606. The number of nitrogen functional groups attached to an aromatic ring is 1. The molecule has 0 radical (unpaired) electrons. The third-order valence-corrected chi connectivity index (χ3v) is 3.24. The summed E-state index contributed by atoms with van der Waals surface area (Å²) in [5.41, 5.74) is 9.27. The zero-order valence-corrected chi connectivity index (χ0v) is 10.5. The smallest absolute Gasteiger partial charge is 0.224 e. The summed E-state index contributed by atoms with van der Waals surface area (Å²) in [4.78, 5) is 11.4. The Morgan fingerprint density at radius 1 is 1.50 bits per heavy atom. The van der Waals surface area contributed by atoms with Gasteiger partial charge in [0.25, 0.3) is 0 Å². The Bertz CT molecular complexity index is 456. The Balaban J connectivity index is 2.26. The highest BCUT2D eigenvalue weighted by atomic mass is 16.3. The molecule has 0 saturated carbocycles. The van der Waals surface area contributed by atoms with E-state index in [1.165, 1.54) is 0 Å². The Morgan fingerprint density at radius 2 is 2.28 bits per heavy atom. The van der Waals surface area contributed by atoms with Gasteiger partial charge < -0.3 is 21.5 Å². The van der Waals surface area contributed by atoms with Crippen LogP contribution in [0.3, 0.4) is 0 Å². The number of hydrogen-bond donors (Lipinski definition) is 4. The van der Waals surface area contributed by atoms with Crippen LogP contribution >= 0.6 is 0 Å². The number of amides is 1. The molecule has 1 atom stereocenters. The van der Waals surface area contributed by atoms with Crippen molar-refractivity contribution in [3.05, 3.63) is 17.7 Å². The molecule has 1 aliphatic rings. The molecular formula is C13H19N3O2. The second kappa shape index (κ2) is 5.27. The molecule has 98 valence electrons. The van der Waals surface area contributed by atoms with Crippen molar-refractivity contribution in [3.63, 3.8) is 0 Å². The summed E-state index contributed by atoms with van der Waals surface area (Å²) in [6, 6.07) is 3.71. The Labute approximate surface area is 106 Å². The Hall–Kier alpha value is -1.75. The summed E-state index contributed by atoms with van der Waals surface area (Å²) in [5, 5.41) is 15.2. The fourth-order valence-electron chi connectivity index (χ4n) is 2.07. The number of nitrogens with two attached hydrogens (primary N) is 1. The lowest BCUT2D eigenvalue weighted by atomic mass is 10.0. The van der Waals surface area contributed by atoms with Gasteiger partial charge in [0.1, 0.15) is 0 Å². The number of aryl methyl sites for hydroxylation is 1. The molecule has 0 saturated heterocycles. The third kappa shape index (κ3) is 2.56. The molecule has 5 nitrogen and oxygen atoms in total. The first-order valence-corrected chi connectivity index (χ1v) is 6.23. The number of anilines is 3. The molecule has 1 aliphatic heterocycles. The molecule has 0 aromatic heterocycles. The van der Waals surface area contributed by atoms with Crippen LogP contribution in [0.15, 0.2) is 12.1 Å². The number of carbonyl (C=O) groups is 1. The number of fused-ring (bicyclic) bond motifs is 1. The van der Waals surface area contributed by atoms with E-state index in [1.54, 1.807) is 0 Å². The number of aliphatic hydroxyl groups excluding tert-OH is 1. The van der Waals surface area contributed by atoms with Crippen molar-refractivity contribution in [2.75, 3.05) is 23.0 Å². The van der Waals surface area contributed by atoms with Crippen LogP contribution in [0.2, 0.25) is 0 Å². The Morgan fingerprint density at radius 3 is 2.94 bits per heavy atom. The highest BCUT2D eigenvalue weighted by molar-refractivity contribution is 5.95. The van der Waals surface area contributed by atoms with Crippen LogP contribution in [0.1, 0.15) is 25.3 Å². The van der Waals surface area contributed by atoms with Crippen LogP contribution in [-0.4, -0.2) is 23.7 Å². The van der Waals surface area contributed by atoms with Crippen LogP contribution in [0, 0.1) is 0 Å². The van der Waals surface area contributed by atoms with E-state index >= 15 is 0 Å². The highest BCUT2D eigenvalue weighted by Crippen LogP contribution is 2.31. The zero-order valence-electron chi connectivity index (χ0n) is 10.5. The van der Waals surface area contributed by atoms with Gasteiger partial charge in [-0.1, -0.05) is 6.92 Å². The number of rotatable bonds is 4. The number of hydrogen-bond acceptors (Lipinski definition) is 4. The molecule has 1 unspecified atom stereocenters. The van der Waals surface area contributed by atoms with E-state index < -0.39 is 0 Å². The monoisotopic (exact) mass is 249 g/mol. The van der Waals surface area contributed by atoms with Gasteiger partial charge in [-0.3, -0.25) is 4.79 Å². The normalized spacial score (nSPS) is 15.8. The highest BCUT2D eigenvalue weighted by Gasteiger charge is 2.17. The first kappa shape index (κ1) is 12.7. The number of benzene rings is 1. The predicted octanol–water partition coefficient (Wildman–Crippen LogP) is 1.34. The minimum absolute atomic E-state index is 0.0235. The van der Waals surface area contributed by atoms with Crippen molar-refractivity contribution < 1.29 is 9.90 Å². The van der Waals surface area contributed by atoms with Gasteiger partial charge in [-0.25, -0.2) is 0 Å². The summed E-state index contributed by atoms with van der Waals surface area (Å²) in [5.74, 6) is 0.0346. The largest absolute Gasteiger partial charge is 0.397 e. The second-order valence-electron chi connectivity index (χ2n) is 4.58. The summed E-state index contributed by atoms with van der Waals surface area (Å²) in [6.07, 6.45) is 2.04. The lowest BCUT2D eigenvalue weighted by molar-refractivity contribution is -0.116. The second-order valence-corrected chi connectivity index (χ2v) is 4.58. The van der Waals surface area contributed by atoms with Gasteiger partial charge in [0.15, 0.2) is 0 Å². The third-order valence-electron chi connectivity index (χ3n) is 3.24. The molecule has 1 aromatic rings. The number of aliphatic hydroxyl groups is 1. The van der Waals surface area contributed by atoms with Crippen molar-refractivity contribution in [2.24, 2.45) is 0 Å². The maximum Gasteiger partial charge on any atom is 0.224 e. The van der Waals surface area contributed by atoms with Crippen LogP contribution in [0.4, 0.5) is 17.1 Å². The molecular weight excluding hydrogens is 230 g/mol. The summed E-state index contributed by atoms with van der Waals surface area (Å²) < 4.78 is 0. The van der Waals surface area contributed by atoms with Crippen LogP contribution in [0.5, 0.6) is 0 Å². The molecule has 2 rings (SSSR count). The minimum Gasteiger partial charge on any atom is -0.397 e. The van der Waals surface area contributed by atoms with E-state index in [0.717, 1.165) is 29.8 Å². The van der Waals surface area contributed by atoms with E-state index in [4.69, 9.17) is 5.73 Å². The van der Waals surface area contributed by atoms with Gasteiger partial charge in [-0.05, 0) is 30.5 Å². The number of nitrogens with one attached hydrogen (secondary N) is 2. The molecule has 5 N–H and O–H groups in total. The van der Waals surface area contributed by atoms with Crippen LogP contribution in [0.25, 0.3) is 0 Å². The molecule has 1 aromatic carbocycles. The van der Waals surface area contributed by atoms with Crippen molar-refractivity contribution in [2.45, 2.75) is 32.2 Å². The summed E-state index contributed by atoms with van der Waals surface area (Å²) in [6.45, 7) is 2.05. The van der Waals surface area contributed by atoms with Gasteiger partial charge in [0.2, 0.25) is 5.91 Å². The fourth-order valence-corrected chi connectivity index (χ4v) is 2.07. The zero-order chi connectivity index (χ0) is 13.1. The summed E-state index contributed by atoms with van der Waals surface area (Å²) >= 11 is 0.